The van der Waals surface area contributed by atoms with Gasteiger partial charge < -0.3 is 9.52 Å². The van der Waals surface area contributed by atoms with Gasteiger partial charge in [0.25, 0.3) is 0 Å². The molecule has 0 saturated heterocycles. The van der Waals surface area contributed by atoms with E-state index >= 15 is 0 Å². The van der Waals surface area contributed by atoms with Gasteiger partial charge in [0.05, 0.1) is 12.9 Å². The summed E-state index contributed by atoms with van der Waals surface area (Å²) in [5.41, 5.74) is 0. The van der Waals surface area contributed by atoms with Crippen molar-refractivity contribution in [2.24, 2.45) is 0 Å². The van der Waals surface area contributed by atoms with Crippen molar-refractivity contribution >= 4 is 11.8 Å². The van der Waals surface area contributed by atoms with Crippen molar-refractivity contribution in [3.8, 4) is 11.6 Å². The predicted molar refractivity (Wildman–Crippen MR) is 65.7 cm³/mol. The second-order valence-corrected chi connectivity index (χ2v) is 4.32. The standard InChI is InChI=1S/C11H13N3O2S/c1-2-5-14-10(9-4-3-7-16-9)12-13-11(14)17-8-6-15/h2-4,7,15H,1,5-6,8H2. The van der Waals surface area contributed by atoms with Gasteiger partial charge in [0, 0.05) is 12.3 Å². The lowest BCUT2D eigenvalue weighted by molar-refractivity contribution is 0.322. The molecule has 0 fully saturated rings. The molecule has 0 aliphatic rings. The molecule has 0 bridgehead atoms. The lowest BCUT2D eigenvalue weighted by Crippen LogP contribution is -2.01. The first-order valence-electron chi connectivity index (χ1n) is 5.18. The number of hydrogen-bond acceptors (Lipinski definition) is 5. The molecule has 17 heavy (non-hydrogen) atoms. The number of rotatable bonds is 6. The maximum atomic E-state index is 8.82. The summed E-state index contributed by atoms with van der Waals surface area (Å²) in [7, 11) is 0. The predicted octanol–water partition coefficient (Wildman–Crippen LogP) is 1.81. The Kier molecular flexibility index (Phi) is 4.00. The monoisotopic (exact) mass is 251 g/mol. The molecule has 2 heterocycles. The Bertz CT molecular complexity index is 479. The van der Waals surface area contributed by atoms with Gasteiger partial charge in [-0.25, -0.2) is 0 Å². The average molecular weight is 251 g/mol. The Balaban J connectivity index is 2.32. The van der Waals surface area contributed by atoms with Gasteiger partial charge in [-0.3, -0.25) is 4.57 Å². The fraction of sp³-hybridized carbons (Fsp3) is 0.273. The van der Waals surface area contributed by atoms with Crippen LogP contribution in [-0.2, 0) is 6.54 Å². The summed E-state index contributed by atoms with van der Waals surface area (Å²) in [6.07, 6.45) is 3.38. The molecule has 2 aromatic rings. The molecule has 0 radical (unpaired) electrons. The molecule has 6 heteroatoms. The SMILES string of the molecule is C=CCn1c(SCCO)nnc1-c1ccco1. The molecule has 0 unspecified atom stereocenters. The Morgan fingerprint density at radius 3 is 3.06 bits per heavy atom. The third-order valence-electron chi connectivity index (χ3n) is 2.09. The number of aliphatic hydroxyl groups is 1. The van der Waals surface area contributed by atoms with Crippen LogP contribution in [0.15, 0.2) is 40.6 Å². The number of aliphatic hydroxyl groups excluding tert-OH is 1. The molecule has 0 aliphatic carbocycles. The summed E-state index contributed by atoms with van der Waals surface area (Å²) in [5, 5.41) is 17.8. The third kappa shape index (κ3) is 2.59. The quantitative estimate of drug-likeness (QED) is 0.626. The molecule has 1 N–H and O–H groups in total. The highest BCUT2D eigenvalue weighted by Crippen LogP contribution is 2.23. The van der Waals surface area contributed by atoms with Crippen LogP contribution in [0.1, 0.15) is 0 Å². The molecule has 90 valence electrons. The van der Waals surface area contributed by atoms with E-state index in [1.54, 1.807) is 12.3 Å². The highest BCUT2D eigenvalue weighted by Gasteiger charge is 2.14. The zero-order valence-electron chi connectivity index (χ0n) is 9.24. The van der Waals surface area contributed by atoms with E-state index in [-0.39, 0.29) is 6.61 Å². The Labute approximate surface area is 103 Å². The van der Waals surface area contributed by atoms with E-state index in [1.165, 1.54) is 11.8 Å². The van der Waals surface area contributed by atoms with Crippen LogP contribution in [0.5, 0.6) is 0 Å². The molecular formula is C11H13N3O2S. The van der Waals surface area contributed by atoms with E-state index in [9.17, 15) is 0 Å². The van der Waals surface area contributed by atoms with Gasteiger partial charge in [0.15, 0.2) is 10.9 Å². The molecule has 0 spiro atoms. The van der Waals surface area contributed by atoms with Gasteiger partial charge in [-0.15, -0.1) is 16.8 Å². The maximum absolute atomic E-state index is 8.82. The number of nitrogens with zero attached hydrogens (tertiary/aromatic N) is 3. The summed E-state index contributed by atoms with van der Waals surface area (Å²) in [5.74, 6) is 1.94. The molecule has 0 aliphatic heterocycles. The molecule has 5 nitrogen and oxygen atoms in total. The fourth-order valence-electron chi connectivity index (χ4n) is 1.41. The number of aromatic nitrogens is 3. The van der Waals surface area contributed by atoms with Gasteiger partial charge in [-0.05, 0) is 12.1 Å². The minimum absolute atomic E-state index is 0.113. The fourth-order valence-corrected chi connectivity index (χ4v) is 2.10. The van der Waals surface area contributed by atoms with E-state index < -0.39 is 0 Å². The van der Waals surface area contributed by atoms with Crippen LogP contribution in [0.2, 0.25) is 0 Å². The van der Waals surface area contributed by atoms with Crippen LogP contribution in [0.25, 0.3) is 11.6 Å². The summed E-state index contributed by atoms with van der Waals surface area (Å²) >= 11 is 1.46. The number of furan rings is 1. The number of thioether (sulfide) groups is 1. The van der Waals surface area contributed by atoms with Gasteiger partial charge in [-0.1, -0.05) is 17.8 Å². The van der Waals surface area contributed by atoms with Crippen molar-refractivity contribution in [2.45, 2.75) is 11.7 Å². The molecule has 0 aromatic carbocycles. The molecule has 2 rings (SSSR count). The topological polar surface area (TPSA) is 64.1 Å². The first kappa shape index (κ1) is 11.9. The van der Waals surface area contributed by atoms with Crippen molar-refractivity contribution in [1.29, 1.82) is 0 Å². The van der Waals surface area contributed by atoms with Gasteiger partial charge in [0.1, 0.15) is 0 Å². The first-order chi connectivity index (χ1) is 8.36. The second-order valence-electron chi connectivity index (χ2n) is 3.25. The third-order valence-corrected chi connectivity index (χ3v) is 3.04. The molecule has 0 amide bonds. The first-order valence-corrected chi connectivity index (χ1v) is 6.17. The highest BCUT2D eigenvalue weighted by atomic mass is 32.2. The number of hydrogen-bond donors (Lipinski definition) is 1. The Morgan fingerprint density at radius 2 is 2.41 bits per heavy atom. The van der Waals surface area contributed by atoms with Crippen LogP contribution < -0.4 is 0 Å². The molecule has 0 atom stereocenters. The highest BCUT2D eigenvalue weighted by molar-refractivity contribution is 7.99. The van der Waals surface area contributed by atoms with E-state index in [0.29, 0.717) is 23.9 Å². The zero-order chi connectivity index (χ0) is 12.1. The van der Waals surface area contributed by atoms with Crippen LogP contribution in [0, 0.1) is 0 Å². The second kappa shape index (κ2) is 5.70. The van der Waals surface area contributed by atoms with Gasteiger partial charge in [0.2, 0.25) is 5.82 Å². The lowest BCUT2D eigenvalue weighted by atomic mass is 10.4. The molecular weight excluding hydrogens is 238 g/mol. The van der Waals surface area contributed by atoms with Crippen LogP contribution in [-0.4, -0.2) is 32.2 Å². The van der Waals surface area contributed by atoms with E-state index in [2.05, 4.69) is 16.8 Å². The molecule has 0 saturated carbocycles. The van der Waals surface area contributed by atoms with Crippen LogP contribution >= 0.6 is 11.8 Å². The largest absolute Gasteiger partial charge is 0.461 e. The minimum atomic E-state index is 0.113. The summed E-state index contributed by atoms with van der Waals surface area (Å²) in [6.45, 7) is 4.43. The average Bonchev–Trinajstić information content (AvgIpc) is 2.96. The Hall–Kier alpha value is -1.53. The zero-order valence-corrected chi connectivity index (χ0v) is 10.1. The summed E-state index contributed by atoms with van der Waals surface area (Å²) in [4.78, 5) is 0. The van der Waals surface area contributed by atoms with Crippen LogP contribution in [0.3, 0.4) is 0 Å². The van der Waals surface area contributed by atoms with E-state index in [1.807, 2.05) is 16.7 Å². The van der Waals surface area contributed by atoms with Crippen molar-refractivity contribution in [1.82, 2.24) is 14.8 Å². The normalized spacial score (nSPS) is 10.6. The van der Waals surface area contributed by atoms with E-state index in [4.69, 9.17) is 9.52 Å². The van der Waals surface area contributed by atoms with Crippen LogP contribution in [0.4, 0.5) is 0 Å². The lowest BCUT2D eigenvalue weighted by Gasteiger charge is -2.04. The number of allylic oxidation sites excluding steroid dienone is 1. The van der Waals surface area contributed by atoms with Crippen molar-refractivity contribution in [2.75, 3.05) is 12.4 Å². The summed E-state index contributed by atoms with van der Waals surface area (Å²) < 4.78 is 7.22. The van der Waals surface area contributed by atoms with Crippen molar-refractivity contribution in [3.63, 3.8) is 0 Å². The van der Waals surface area contributed by atoms with Gasteiger partial charge >= 0.3 is 0 Å². The Morgan fingerprint density at radius 1 is 1.53 bits per heavy atom. The van der Waals surface area contributed by atoms with Gasteiger partial charge in [-0.2, -0.15) is 0 Å². The summed E-state index contributed by atoms with van der Waals surface area (Å²) in [6, 6.07) is 3.65. The maximum Gasteiger partial charge on any atom is 0.200 e. The molecule has 2 aromatic heterocycles. The van der Waals surface area contributed by atoms with Crippen molar-refractivity contribution in [3.05, 3.63) is 31.1 Å². The van der Waals surface area contributed by atoms with Crippen molar-refractivity contribution < 1.29 is 9.52 Å². The smallest absolute Gasteiger partial charge is 0.200 e. The minimum Gasteiger partial charge on any atom is -0.461 e. The van der Waals surface area contributed by atoms with E-state index in [0.717, 1.165) is 5.16 Å².